The molecule has 9 heteroatoms. The van der Waals surface area contributed by atoms with Crippen LogP contribution in [0, 0.1) is 0 Å². The van der Waals surface area contributed by atoms with Crippen molar-refractivity contribution in [3.05, 3.63) is 29.8 Å². The van der Waals surface area contributed by atoms with Crippen LogP contribution in [0.2, 0.25) is 0 Å². The summed E-state index contributed by atoms with van der Waals surface area (Å²) in [6.45, 7) is 4.70. The Morgan fingerprint density at radius 1 is 0.931 bits per heavy atom. The molecule has 1 aromatic rings. The van der Waals surface area contributed by atoms with Crippen LogP contribution in [0.3, 0.4) is 0 Å². The van der Waals surface area contributed by atoms with Crippen LogP contribution in [0.4, 0.5) is 4.79 Å². The van der Waals surface area contributed by atoms with Crippen LogP contribution in [-0.2, 0) is 14.8 Å². The highest BCUT2D eigenvalue weighted by Crippen LogP contribution is 2.22. The number of benzene rings is 1. The van der Waals surface area contributed by atoms with Gasteiger partial charge in [0.2, 0.25) is 10.0 Å². The van der Waals surface area contributed by atoms with E-state index in [9.17, 15) is 18.0 Å². The Hall–Kier alpha value is -2.13. The number of rotatable bonds is 4. The Morgan fingerprint density at radius 3 is 2.17 bits per heavy atom. The minimum Gasteiger partial charge on any atom is -0.450 e. The van der Waals surface area contributed by atoms with Crippen LogP contribution in [0.25, 0.3) is 0 Å². The third-order valence-electron chi connectivity index (χ3n) is 5.38. The van der Waals surface area contributed by atoms with E-state index in [0.29, 0.717) is 51.4 Å². The van der Waals surface area contributed by atoms with Crippen LogP contribution in [0.5, 0.6) is 0 Å². The zero-order valence-electron chi connectivity index (χ0n) is 16.9. The van der Waals surface area contributed by atoms with Crippen LogP contribution < -0.4 is 0 Å². The number of nitrogens with zero attached hydrogens (tertiary/aromatic N) is 3. The molecule has 8 nitrogen and oxygen atoms in total. The van der Waals surface area contributed by atoms with Crippen LogP contribution in [-0.4, -0.2) is 80.4 Å². The number of piperazine rings is 1. The Morgan fingerprint density at radius 2 is 1.55 bits per heavy atom. The maximum absolute atomic E-state index is 13.0. The molecule has 0 atom stereocenters. The highest BCUT2D eigenvalue weighted by atomic mass is 32.2. The minimum absolute atomic E-state index is 0.162. The minimum atomic E-state index is -3.61. The normalized spacial score (nSPS) is 18.9. The van der Waals surface area contributed by atoms with Gasteiger partial charge in [0.1, 0.15) is 0 Å². The molecule has 0 spiro atoms. The zero-order valence-corrected chi connectivity index (χ0v) is 17.7. The Balaban J connectivity index is 1.69. The number of hydrogen-bond acceptors (Lipinski definition) is 5. The largest absolute Gasteiger partial charge is 0.450 e. The number of amides is 2. The number of carbonyl (C=O) groups is 2. The molecule has 2 heterocycles. The standard InChI is InChI=1S/C20H29N3O5S/c1-2-28-20(25)22-14-12-21(13-15-22)19(24)17-8-7-9-18(16-17)29(26,27)23-10-5-3-4-6-11-23/h7-9,16H,2-6,10-15H2,1H3. The topological polar surface area (TPSA) is 87.2 Å². The predicted molar refractivity (Wildman–Crippen MR) is 108 cm³/mol. The van der Waals surface area contributed by atoms with Crippen molar-refractivity contribution in [1.82, 2.24) is 14.1 Å². The Labute approximate surface area is 172 Å². The van der Waals surface area contributed by atoms with Gasteiger partial charge in [0.05, 0.1) is 11.5 Å². The molecular formula is C20H29N3O5S. The van der Waals surface area contributed by atoms with Crippen LogP contribution in [0.15, 0.2) is 29.2 Å². The predicted octanol–water partition coefficient (Wildman–Crippen LogP) is 2.17. The first kappa shape index (κ1) is 21.6. The average molecular weight is 424 g/mol. The number of hydrogen-bond donors (Lipinski definition) is 0. The Bertz CT molecular complexity index is 826. The van der Waals surface area contributed by atoms with Crippen molar-refractivity contribution in [3.8, 4) is 0 Å². The summed E-state index contributed by atoms with van der Waals surface area (Å²) >= 11 is 0. The SMILES string of the molecule is CCOC(=O)N1CCN(C(=O)c2cccc(S(=O)(=O)N3CCCCCC3)c2)CC1. The Kier molecular flexibility index (Phi) is 7.13. The van der Waals surface area contributed by atoms with Gasteiger partial charge in [-0.2, -0.15) is 4.31 Å². The first-order chi connectivity index (χ1) is 13.9. The van der Waals surface area contributed by atoms with Crippen molar-refractivity contribution in [2.24, 2.45) is 0 Å². The summed E-state index contributed by atoms with van der Waals surface area (Å²) in [5, 5.41) is 0. The molecule has 0 aromatic heterocycles. The molecule has 0 radical (unpaired) electrons. The zero-order chi connectivity index (χ0) is 20.9. The fraction of sp³-hybridized carbons (Fsp3) is 0.600. The van der Waals surface area contributed by atoms with Crippen molar-refractivity contribution >= 4 is 22.0 Å². The molecule has 2 aliphatic rings. The molecule has 1 aromatic carbocycles. The highest BCUT2D eigenvalue weighted by Gasteiger charge is 2.28. The van der Waals surface area contributed by atoms with Crippen LogP contribution >= 0.6 is 0 Å². The molecule has 0 unspecified atom stereocenters. The van der Waals surface area contributed by atoms with E-state index in [2.05, 4.69) is 0 Å². The molecule has 29 heavy (non-hydrogen) atoms. The molecule has 160 valence electrons. The summed E-state index contributed by atoms with van der Waals surface area (Å²) in [6, 6.07) is 6.28. The first-order valence-corrected chi connectivity index (χ1v) is 11.7. The molecule has 0 aliphatic carbocycles. The quantitative estimate of drug-likeness (QED) is 0.741. The lowest BCUT2D eigenvalue weighted by Gasteiger charge is -2.34. The second kappa shape index (κ2) is 9.58. The van der Waals surface area contributed by atoms with Gasteiger partial charge in [0.15, 0.2) is 0 Å². The number of sulfonamides is 1. The van der Waals surface area contributed by atoms with E-state index in [1.165, 1.54) is 10.4 Å². The molecule has 2 aliphatic heterocycles. The lowest BCUT2D eigenvalue weighted by molar-refractivity contribution is 0.0570. The molecule has 2 saturated heterocycles. The second-order valence-electron chi connectivity index (χ2n) is 7.32. The molecular weight excluding hydrogens is 394 g/mol. The lowest BCUT2D eigenvalue weighted by atomic mass is 10.2. The molecule has 3 rings (SSSR count). The molecule has 0 saturated carbocycles. The smallest absolute Gasteiger partial charge is 0.409 e. The second-order valence-corrected chi connectivity index (χ2v) is 9.26. The van der Waals surface area contributed by atoms with Gasteiger partial charge >= 0.3 is 6.09 Å². The number of ether oxygens (including phenoxy) is 1. The maximum Gasteiger partial charge on any atom is 0.409 e. The van der Waals surface area contributed by atoms with E-state index in [-0.39, 0.29) is 16.9 Å². The van der Waals surface area contributed by atoms with Gasteiger partial charge < -0.3 is 14.5 Å². The summed E-state index contributed by atoms with van der Waals surface area (Å²) in [4.78, 5) is 28.1. The molecule has 2 fully saturated rings. The first-order valence-electron chi connectivity index (χ1n) is 10.2. The van der Waals surface area contributed by atoms with Gasteiger partial charge in [-0.05, 0) is 38.0 Å². The van der Waals surface area contributed by atoms with Gasteiger partial charge in [0.25, 0.3) is 5.91 Å². The van der Waals surface area contributed by atoms with Gasteiger partial charge in [-0.3, -0.25) is 4.79 Å². The summed E-state index contributed by atoms with van der Waals surface area (Å²) in [5.74, 6) is -0.221. The van der Waals surface area contributed by atoms with Gasteiger partial charge in [-0.1, -0.05) is 18.9 Å². The van der Waals surface area contributed by atoms with E-state index in [1.54, 1.807) is 34.9 Å². The van der Waals surface area contributed by atoms with Crippen LogP contribution in [0.1, 0.15) is 43.0 Å². The molecule has 0 bridgehead atoms. The number of carbonyl (C=O) groups excluding carboxylic acids is 2. The van der Waals surface area contributed by atoms with Crippen molar-refractivity contribution in [3.63, 3.8) is 0 Å². The molecule has 2 amide bonds. The maximum atomic E-state index is 13.0. The monoisotopic (exact) mass is 423 g/mol. The average Bonchev–Trinajstić information content (AvgIpc) is 3.04. The van der Waals surface area contributed by atoms with Crippen molar-refractivity contribution in [2.45, 2.75) is 37.5 Å². The van der Waals surface area contributed by atoms with E-state index in [0.717, 1.165) is 25.7 Å². The van der Waals surface area contributed by atoms with Gasteiger partial charge in [-0.15, -0.1) is 0 Å². The highest BCUT2D eigenvalue weighted by molar-refractivity contribution is 7.89. The summed E-state index contributed by atoms with van der Waals surface area (Å²) in [7, 11) is -3.61. The summed E-state index contributed by atoms with van der Waals surface area (Å²) < 4.78 is 32.6. The van der Waals surface area contributed by atoms with Crippen molar-refractivity contribution in [1.29, 1.82) is 0 Å². The van der Waals surface area contributed by atoms with E-state index in [4.69, 9.17) is 4.74 Å². The third kappa shape index (κ3) is 5.08. The fourth-order valence-electron chi connectivity index (χ4n) is 3.71. The third-order valence-corrected chi connectivity index (χ3v) is 7.27. The summed E-state index contributed by atoms with van der Waals surface area (Å²) in [5.41, 5.74) is 0.352. The lowest BCUT2D eigenvalue weighted by Crippen LogP contribution is -2.50. The van der Waals surface area contributed by atoms with Crippen molar-refractivity contribution < 1.29 is 22.7 Å². The van der Waals surface area contributed by atoms with Gasteiger partial charge in [-0.25, -0.2) is 13.2 Å². The van der Waals surface area contributed by atoms with Crippen molar-refractivity contribution in [2.75, 3.05) is 45.9 Å². The summed E-state index contributed by atoms with van der Waals surface area (Å²) in [6.07, 6.45) is 3.45. The van der Waals surface area contributed by atoms with Gasteiger partial charge in [0, 0.05) is 44.8 Å². The van der Waals surface area contributed by atoms with E-state index >= 15 is 0 Å². The van der Waals surface area contributed by atoms with E-state index < -0.39 is 10.0 Å². The van der Waals surface area contributed by atoms with E-state index in [1.807, 2.05) is 0 Å². The fourth-order valence-corrected chi connectivity index (χ4v) is 5.27. The molecule has 0 N–H and O–H groups in total.